The summed E-state index contributed by atoms with van der Waals surface area (Å²) in [5, 5.41) is 2.73. The van der Waals surface area contributed by atoms with Crippen LogP contribution in [0, 0.1) is 0 Å². The standard InChI is InChI=1S/C27H28N2O2S2/c1-3-5-17-26(30)28-19-11-10-12-20(18-19)32-23(4-2)27(31)29-21-13-6-8-15-24(21)33-25-16-9-7-14-22(25)29/h6-16,18,23H,3-5,17H2,1-2H3,(H,28,30). The van der Waals surface area contributed by atoms with Gasteiger partial charge < -0.3 is 5.32 Å². The molecule has 1 heterocycles. The van der Waals surface area contributed by atoms with Gasteiger partial charge in [-0.05, 0) is 55.3 Å². The number of nitrogens with one attached hydrogen (secondary N) is 1. The van der Waals surface area contributed by atoms with Crippen LogP contribution in [0.2, 0.25) is 0 Å². The third-order valence-corrected chi connectivity index (χ3v) is 7.93. The topological polar surface area (TPSA) is 49.4 Å². The van der Waals surface area contributed by atoms with Crippen molar-refractivity contribution in [3.05, 3.63) is 72.8 Å². The van der Waals surface area contributed by atoms with E-state index in [4.69, 9.17) is 0 Å². The molecule has 0 bridgehead atoms. The number of nitrogens with zero attached hydrogens (tertiary/aromatic N) is 1. The molecule has 0 spiro atoms. The Morgan fingerprint density at radius 1 is 0.939 bits per heavy atom. The molecule has 1 N–H and O–H groups in total. The van der Waals surface area contributed by atoms with E-state index in [2.05, 4.69) is 24.4 Å². The van der Waals surface area contributed by atoms with Gasteiger partial charge in [-0.15, -0.1) is 11.8 Å². The van der Waals surface area contributed by atoms with E-state index in [1.54, 1.807) is 23.5 Å². The van der Waals surface area contributed by atoms with E-state index in [0.717, 1.165) is 44.6 Å². The molecule has 0 saturated heterocycles. The van der Waals surface area contributed by atoms with E-state index in [1.807, 2.05) is 72.5 Å². The van der Waals surface area contributed by atoms with Gasteiger partial charge in [-0.2, -0.15) is 0 Å². The Bertz CT molecular complexity index is 1100. The molecule has 1 aliphatic heterocycles. The molecule has 3 aromatic carbocycles. The van der Waals surface area contributed by atoms with Gasteiger partial charge in [-0.1, -0.05) is 62.4 Å². The highest BCUT2D eigenvalue weighted by Crippen LogP contribution is 2.48. The van der Waals surface area contributed by atoms with Crippen LogP contribution in [0.25, 0.3) is 0 Å². The highest BCUT2D eigenvalue weighted by Gasteiger charge is 2.32. The minimum atomic E-state index is -0.250. The van der Waals surface area contributed by atoms with Crippen LogP contribution >= 0.6 is 23.5 Å². The summed E-state index contributed by atoms with van der Waals surface area (Å²) in [6.07, 6.45) is 3.09. The summed E-state index contributed by atoms with van der Waals surface area (Å²) in [5.41, 5.74) is 2.64. The summed E-state index contributed by atoms with van der Waals surface area (Å²) in [7, 11) is 0. The number of hydrogen-bond acceptors (Lipinski definition) is 4. The zero-order valence-corrected chi connectivity index (χ0v) is 20.5. The number of carbonyl (C=O) groups excluding carboxylic acids is 2. The van der Waals surface area contributed by atoms with Crippen LogP contribution in [-0.2, 0) is 9.59 Å². The van der Waals surface area contributed by atoms with Crippen LogP contribution in [0.3, 0.4) is 0 Å². The SMILES string of the molecule is CCCCC(=O)Nc1cccc(SC(CC)C(=O)N2c3ccccc3Sc3ccccc32)c1. The minimum Gasteiger partial charge on any atom is -0.326 e. The van der Waals surface area contributed by atoms with Crippen molar-refractivity contribution < 1.29 is 9.59 Å². The molecule has 170 valence electrons. The lowest BCUT2D eigenvalue weighted by atomic mass is 10.2. The lowest BCUT2D eigenvalue weighted by molar-refractivity contribution is -0.117. The van der Waals surface area contributed by atoms with Gasteiger partial charge in [0.25, 0.3) is 0 Å². The molecule has 1 atom stereocenters. The largest absolute Gasteiger partial charge is 0.326 e. The van der Waals surface area contributed by atoms with Gasteiger partial charge in [0.1, 0.15) is 0 Å². The van der Waals surface area contributed by atoms with Gasteiger partial charge in [0.15, 0.2) is 0 Å². The van der Waals surface area contributed by atoms with E-state index in [9.17, 15) is 9.59 Å². The molecule has 0 aliphatic carbocycles. The van der Waals surface area contributed by atoms with E-state index in [0.29, 0.717) is 12.8 Å². The number of benzene rings is 3. The van der Waals surface area contributed by atoms with Crippen molar-refractivity contribution in [1.29, 1.82) is 0 Å². The lowest BCUT2D eigenvalue weighted by Crippen LogP contribution is -2.35. The third-order valence-electron chi connectivity index (χ3n) is 5.45. The first-order valence-corrected chi connectivity index (χ1v) is 13.1. The quantitative estimate of drug-likeness (QED) is 0.342. The monoisotopic (exact) mass is 476 g/mol. The molecule has 3 aromatic rings. The second-order valence-corrected chi connectivity index (χ2v) is 10.3. The highest BCUT2D eigenvalue weighted by atomic mass is 32.2. The molecule has 33 heavy (non-hydrogen) atoms. The van der Waals surface area contributed by atoms with Crippen molar-refractivity contribution >= 4 is 52.4 Å². The Labute approximate surface area is 204 Å². The van der Waals surface area contributed by atoms with Crippen LogP contribution in [0.1, 0.15) is 39.5 Å². The van der Waals surface area contributed by atoms with Crippen LogP contribution < -0.4 is 10.2 Å². The van der Waals surface area contributed by atoms with Crippen LogP contribution in [0.15, 0.2) is 87.5 Å². The molecule has 6 heteroatoms. The van der Waals surface area contributed by atoms with Gasteiger partial charge in [0.05, 0.1) is 16.6 Å². The maximum absolute atomic E-state index is 13.9. The van der Waals surface area contributed by atoms with Crippen molar-refractivity contribution in [2.75, 3.05) is 10.2 Å². The van der Waals surface area contributed by atoms with E-state index >= 15 is 0 Å². The van der Waals surface area contributed by atoms with Crippen LogP contribution in [-0.4, -0.2) is 17.1 Å². The Morgan fingerprint density at radius 2 is 1.61 bits per heavy atom. The van der Waals surface area contributed by atoms with Crippen molar-refractivity contribution in [2.24, 2.45) is 0 Å². The average molecular weight is 477 g/mol. The summed E-state index contributed by atoms with van der Waals surface area (Å²) in [6, 6.07) is 23.9. The van der Waals surface area contributed by atoms with Crippen molar-refractivity contribution in [3.63, 3.8) is 0 Å². The van der Waals surface area contributed by atoms with Crippen molar-refractivity contribution in [3.8, 4) is 0 Å². The fraction of sp³-hybridized carbons (Fsp3) is 0.259. The average Bonchev–Trinajstić information content (AvgIpc) is 2.84. The molecule has 1 aliphatic rings. The van der Waals surface area contributed by atoms with Gasteiger partial charge in [0.2, 0.25) is 11.8 Å². The number of unbranched alkanes of at least 4 members (excludes halogenated alkanes) is 1. The molecular formula is C27H28N2O2S2. The predicted molar refractivity (Wildman–Crippen MR) is 139 cm³/mol. The van der Waals surface area contributed by atoms with Gasteiger partial charge in [0, 0.05) is 26.8 Å². The fourth-order valence-corrected chi connectivity index (χ4v) is 5.88. The second kappa shape index (κ2) is 10.9. The summed E-state index contributed by atoms with van der Waals surface area (Å²) in [5.74, 6) is 0.0984. The van der Waals surface area contributed by atoms with Crippen LogP contribution in [0.4, 0.5) is 17.1 Å². The zero-order chi connectivity index (χ0) is 23.2. The number of fused-ring (bicyclic) bond motifs is 2. The van der Waals surface area contributed by atoms with Crippen LogP contribution in [0.5, 0.6) is 0 Å². The summed E-state index contributed by atoms with van der Waals surface area (Å²) in [4.78, 5) is 31.0. The molecule has 0 aromatic heterocycles. The predicted octanol–water partition coefficient (Wildman–Crippen LogP) is 7.52. The van der Waals surface area contributed by atoms with Gasteiger partial charge in [-0.25, -0.2) is 0 Å². The number of para-hydroxylation sites is 2. The Kier molecular flexibility index (Phi) is 7.78. The van der Waals surface area contributed by atoms with Gasteiger partial charge >= 0.3 is 0 Å². The summed E-state index contributed by atoms with van der Waals surface area (Å²) in [6.45, 7) is 4.12. The van der Waals surface area contributed by atoms with Crippen molar-refractivity contribution in [1.82, 2.24) is 0 Å². The molecule has 1 unspecified atom stereocenters. The number of carbonyl (C=O) groups is 2. The highest BCUT2D eigenvalue weighted by molar-refractivity contribution is 8.00. The summed E-state index contributed by atoms with van der Waals surface area (Å²) < 4.78 is 0. The fourth-order valence-electron chi connectivity index (χ4n) is 3.77. The minimum absolute atomic E-state index is 0.0288. The Morgan fingerprint density at radius 3 is 2.24 bits per heavy atom. The molecule has 0 radical (unpaired) electrons. The molecule has 4 rings (SSSR count). The third kappa shape index (κ3) is 5.45. The molecule has 0 fully saturated rings. The first-order valence-electron chi connectivity index (χ1n) is 11.4. The summed E-state index contributed by atoms with van der Waals surface area (Å²) >= 11 is 3.25. The molecule has 0 saturated carbocycles. The second-order valence-electron chi connectivity index (χ2n) is 7.91. The molecule has 4 nitrogen and oxygen atoms in total. The molecule has 2 amide bonds. The lowest BCUT2D eigenvalue weighted by Gasteiger charge is -2.33. The zero-order valence-electron chi connectivity index (χ0n) is 18.9. The molecular weight excluding hydrogens is 448 g/mol. The Balaban J connectivity index is 1.57. The van der Waals surface area contributed by atoms with Gasteiger partial charge in [-0.3, -0.25) is 14.5 Å². The first kappa shape index (κ1) is 23.5. The maximum Gasteiger partial charge on any atom is 0.245 e. The number of anilines is 3. The van der Waals surface area contributed by atoms with Crippen molar-refractivity contribution in [2.45, 2.75) is 59.5 Å². The Hall–Kier alpha value is -2.70. The first-order chi connectivity index (χ1) is 16.1. The van der Waals surface area contributed by atoms with E-state index in [-0.39, 0.29) is 17.1 Å². The van der Waals surface area contributed by atoms with E-state index < -0.39 is 0 Å². The number of thioether (sulfide) groups is 1. The number of hydrogen-bond donors (Lipinski definition) is 1. The number of rotatable bonds is 8. The van der Waals surface area contributed by atoms with E-state index in [1.165, 1.54) is 0 Å². The number of amides is 2. The smallest absolute Gasteiger partial charge is 0.245 e. The maximum atomic E-state index is 13.9. The normalized spacial score (nSPS) is 13.1.